The van der Waals surface area contributed by atoms with Crippen LogP contribution in [0.4, 0.5) is 0 Å². The van der Waals surface area contributed by atoms with E-state index in [1.165, 1.54) is 0 Å². The molecule has 2 heterocycles. The number of aromatic amines is 1. The standard InChI is InChI=1S/C15H17ClN4O2S/c1-9-18-19-15(23)20(9)5-4-17-14(21)11-6-10-7-12(16)2-3-13(10)22-8-11/h2-3,7,11H,4-6,8H2,1H3,(H,17,21)(H,19,23). The third-order valence-electron chi connectivity index (χ3n) is 3.88. The van der Waals surface area contributed by atoms with E-state index in [1.807, 2.05) is 23.6 Å². The first-order chi connectivity index (χ1) is 11.0. The summed E-state index contributed by atoms with van der Waals surface area (Å²) in [6.07, 6.45) is 0.631. The lowest BCUT2D eigenvalue weighted by Crippen LogP contribution is -2.38. The Morgan fingerprint density at radius 1 is 1.61 bits per heavy atom. The normalized spacial score (nSPS) is 16.5. The summed E-state index contributed by atoms with van der Waals surface area (Å²) in [5, 5.41) is 10.3. The monoisotopic (exact) mass is 352 g/mol. The molecule has 1 aromatic carbocycles. The lowest BCUT2D eigenvalue weighted by molar-refractivity contribution is -0.126. The number of H-pyrrole nitrogens is 1. The molecule has 3 rings (SSSR count). The summed E-state index contributed by atoms with van der Waals surface area (Å²) in [6, 6.07) is 5.48. The molecule has 0 spiro atoms. The van der Waals surface area contributed by atoms with Crippen molar-refractivity contribution >= 4 is 29.7 Å². The number of hydrogen-bond acceptors (Lipinski definition) is 4. The molecule has 0 bridgehead atoms. The third-order valence-corrected chi connectivity index (χ3v) is 4.43. The molecule has 1 aliphatic heterocycles. The van der Waals surface area contributed by atoms with Crippen molar-refractivity contribution in [1.82, 2.24) is 20.1 Å². The second-order valence-corrected chi connectivity index (χ2v) is 6.31. The van der Waals surface area contributed by atoms with Gasteiger partial charge in [0.2, 0.25) is 5.91 Å². The van der Waals surface area contributed by atoms with Gasteiger partial charge in [-0.3, -0.25) is 9.89 Å². The molecule has 1 aliphatic rings. The maximum atomic E-state index is 12.3. The Labute approximate surface area is 143 Å². The molecule has 8 heteroatoms. The van der Waals surface area contributed by atoms with E-state index in [0.717, 1.165) is 17.1 Å². The summed E-state index contributed by atoms with van der Waals surface area (Å²) in [4.78, 5) is 12.3. The van der Waals surface area contributed by atoms with Crippen molar-refractivity contribution in [1.29, 1.82) is 0 Å². The molecule has 0 saturated heterocycles. The van der Waals surface area contributed by atoms with Gasteiger partial charge < -0.3 is 14.6 Å². The predicted octanol–water partition coefficient (Wildman–Crippen LogP) is 2.27. The van der Waals surface area contributed by atoms with Crippen LogP contribution >= 0.6 is 23.8 Å². The number of benzene rings is 1. The lowest BCUT2D eigenvalue weighted by Gasteiger charge is -2.24. The summed E-state index contributed by atoms with van der Waals surface area (Å²) in [6.45, 7) is 3.32. The van der Waals surface area contributed by atoms with Gasteiger partial charge in [0.15, 0.2) is 4.77 Å². The van der Waals surface area contributed by atoms with Gasteiger partial charge in [-0.05, 0) is 49.3 Å². The molecule has 0 fully saturated rings. The van der Waals surface area contributed by atoms with Crippen LogP contribution in [0, 0.1) is 17.6 Å². The molecular weight excluding hydrogens is 336 g/mol. The minimum Gasteiger partial charge on any atom is -0.492 e. The topological polar surface area (TPSA) is 71.9 Å². The van der Waals surface area contributed by atoms with E-state index in [0.29, 0.717) is 35.9 Å². The summed E-state index contributed by atoms with van der Waals surface area (Å²) in [5.41, 5.74) is 0.969. The minimum absolute atomic E-state index is 0.0247. The van der Waals surface area contributed by atoms with E-state index in [1.54, 1.807) is 6.07 Å². The number of hydrogen-bond donors (Lipinski definition) is 2. The molecule has 0 aliphatic carbocycles. The fourth-order valence-corrected chi connectivity index (χ4v) is 3.09. The summed E-state index contributed by atoms with van der Waals surface area (Å²) < 4.78 is 8.05. The quantitative estimate of drug-likeness (QED) is 0.828. The maximum absolute atomic E-state index is 12.3. The van der Waals surface area contributed by atoms with E-state index >= 15 is 0 Å². The van der Waals surface area contributed by atoms with Gasteiger partial charge in [0.05, 0.1) is 5.92 Å². The van der Waals surface area contributed by atoms with Gasteiger partial charge in [0, 0.05) is 18.1 Å². The van der Waals surface area contributed by atoms with Crippen molar-refractivity contribution in [3.63, 3.8) is 0 Å². The fourth-order valence-electron chi connectivity index (χ4n) is 2.63. The van der Waals surface area contributed by atoms with Crippen LogP contribution in [-0.4, -0.2) is 33.8 Å². The van der Waals surface area contributed by atoms with Gasteiger partial charge in [-0.25, -0.2) is 0 Å². The van der Waals surface area contributed by atoms with Gasteiger partial charge >= 0.3 is 0 Å². The lowest BCUT2D eigenvalue weighted by atomic mass is 9.96. The minimum atomic E-state index is -0.209. The van der Waals surface area contributed by atoms with Gasteiger partial charge in [0.25, 0.3) is 0 Å². The largest absolute Gasteiger partial charge is 0.492 e. The Hall–Kier alpha value is -1.86. The molecule has 2 N–H and O–H groups in total. The Kier molecular flexibility index (Phi) is 4.68. The molecule has 122 valence electrons. The Balaban J connectivity index is 1.56. The molecule has 1 unspecified atom stereocenters. The van der Waals surface area contributed by atoms with Crippen LogP contribution in [0.1, 0.15) is 11.4 Å². The van der Waals surface area contributed by atoms with Gasteiger partial charge in [0.1, 0.15) is 18.2 Å². The Bertz CT molecular complexity index is 786. The number of carbonyl (C=O) groups excluding carboxylic acids is 1. The maximum Gasteiger partial charge on any atom is 0.226 e. The number of aryl methyl sites for hydroxylation is 1. The van der Waals surface area contributed by atoms with Crippen LogP contribution in [0.15, 0.2) is 18.2 Å². The number of ether oxygens (including phenoxy) is 1. The number of fused-ring (bicyclic) bond motifs is 1. The molecular formula is C15H17ClN4O2S. The number of nitrogens with zero attached hydrogens (tertiary/aromatic N) is 2. The highest BCUT2D eigenvalue weighted by Gasteiger charge is 2.25. The third kappa shape index (κ3) is 3.56. The second kappa shape index (κ2) is 6.72. The molecule has 0 radical (unpaired) electrons. The first kappa shape index (κ1) is 16.0. The first-order valence-corrected chi connectivity index (χ1v) is 8.14. The van der Waals surface area contributed by atoms with E-state index in [2.05, 4.69) is 15.5 Å². The van der Waals surface area contributed by atoms with Gasteiger partial charge in [-0.1, -0.05) is 11.6 Å². The average Bonchev–Trinajstić information content (AvgIpc) is 2.85. The number of rotatable bonds is 4. The molecule has 2 aromatic rings. The van der Waals surface area contributed by atoms with Crippen LogP contribution in [0.25, 0.3) is 0 Å². The van der Waals surface area contributed by atoms with E-state index in [-0.39, 0.29) is 11.8 Å². The van der Waals surface area contributed by atoms with Gasteiger partial charge in [-0.15, -0.1) is 0 Å². The average molecular weight is 353 g/mol. The molecule has 1 amide bonds. The van der Waals surface area contributed by atoms with Crippen molar-refractivity contribution in [2.24, 2.45) is 5.92 Å². The van der Waals surface area contributed by atoms with Crippen molar-refractivity contribution < 1.29 is 9.53 Å². The summed E-state index contributed by atoms with van der Waals surface area (Å²) in [5.74, 6) is 1.37. The highest BCUT2D eigenvalue weighted by atomic mass is 35.5. The smallest absolute Gasteiger partial charge is 0.226 e. The van der Waals surface area contributed by atoms with E-state index < -0.39 is 0 Å². The van der Waals surface area contributed by atoms with E-state index in [4.69, 9.17) is 28.6 Å². The van der Waals surface area contributed by atoms with Crippen molar-refractivity contribution in [3.8, 4) is 5.75 Å². The van der Waals surface area contributed by atoms with Crippen molar-refractivity contribution in [2.45, 2.75) is 19.9 Å². The van der Waals surface area contributed by atoms with Crippen LogP contribution in [0.3, 0.4) is 0 Å². The van der Waals surface area contributed by atoms with Crippen LogP contribution in [0.5, 0.6) is 5.75 Å². The molecule has 6 nitrogen and oxygen atoms in total. The molecule has 1 atom stereocenters. The summed E-state index contributed by atoms with van der Waals surface area (Å²) >= 11 is 11.1. The zero-order valence-corrected chi connectivity index (χ0v) is 14.2. The Morgan fingerprint density at radius 3 is 3.17 bits per heavy atom. The predicted molar refractivity (Wildman–Crippen MR) is 89.3 cm³/mol. The zero-order chi connectivity index (χ0) is 16.4. The van der Waals surface area contributed by atoms with Crippen LogP contribution in [-0.2, 0) is 17.8 Å². The van der Waals surface area contributed by atoms with Crippen molar-refractivity contribution in [3.05, 3.63) is 39.4 Å². The van der Waals surface area contributed by atoms with Gasteiger partial charge in [-0.2, -0.15) is 5.10 Å². The number of nitrogens with one attached hydrogen (secondary N) is 2. The molecule has 0 saturated carbocycles. The number of amides is 1. The SMILES string of the molecule is Cc1n[nH]c(=S)n1CCNC(=O)C1COc2ccc(Cl)cc2C1. The van der Waals surface area contributed by atoms with Crippen LogP contribution in [0.2, 0.25) is 5.02 Å². The van der Waals surface area contributed by atoms with Crippen molar-refractivity contribution in [2.75, 3.05) is 13.2 Å². The highest BCUT2D eigenvalue weighted by Crippen LogP contribution is 2.29. The molecule has 23 heavy (non-hydrogen) atoms. The zero-order valence-electron chi connectivity index (χ0n) is 12.6. The second-order valence-electron chi connectivity index (χ2n) is 5.48. The fraction of sp³-hybridized carbons (Fsp3) is 0.400. The Morgan fingerprint density at radius 2 is 2.43 bits per heavy atom. The first-order valence-electron chi connectivity index (χ1n) is 7.35. The number of aromatic nitrogens is 3. The highest BCUT2D eigenvalue weighted by molar-refractivity contribution is 7.71. The summed E-state index contributed by atoms with van der Waals surface area (Å²) in [7, 11) is 0. The molecule has 1 aromatic heterocycles. The number of carbonyl (C=O) groups is 1. The van der Waals surface area contributed by atoms with E-state index in [9.17, 15) is 4.79 Å². The number of halogens is 1. The van der Waals surface area contributed by atoms with Crippen LogP contribution < -0.4 is 10.1 Å².